The van der Waals surface area contributed by atoms with Gasteiger partial charge in [-0.3, -0.25) is 9.59 Å². The normalized spacial score (nSPS) is 9.82. The first-order valence-corrected chi connectivity index (χ1v) is 5.15. The molecule has 0 heterocycles. The lowest BCUT2D eigenvalue weighted by molar-refractivity contribution is -0.140. The molecule has 17 heavy (non-hydrogen) atoms. The average molecular weight is 239 g/mol. The van der Waals surface area contributed by atoms with Crippen molar-refractivity contribution in [3.05, 3.63) is 35.1 Å². The van der Waals surface area contributed by atoms with Gasteiger partial charge in [-0.05, 0) is 24.6 Å². The molecule has 0 saturated heterocycles. The van der Waals surface area contributed by atoms with Crippen LogP contribution in [0.3, 0.4) is 0 Å². The Morgan fingerprint density at radius 1 is 1.41 bits per heavy atom. The lowest BCUT2D eigenvalue weighted by Gasteiger charge is -2.05. The number of carbonyl (C=O) groups excluding carboxylic acids is 2. The van der Waals surface area contributed by atoms with Crippen LogP contribution in [0.2, 0.25) is 0 Å². The van der Waals surface area contributed by atoms with Crippen LogP contribution >= 0.6 is 0 Å². The van der Waals surface area contributed by atoms with Crippen LogP contribution in [-0.2, 0) is 9.53 Å². The Kier molecular flexibility index (Phi) is 4.63. The standard InChI is InChI=1S/C12H14FNO3/c1-8-3-4-9(10(13)7-8)12(16)14-6-5-11(15)17-2/h3-4,7H,5-6H2,1-2H3,(H,14,16). The average Bonchev–Trinajstić information content (AvgIpc) is 2.28. The summed E-state index contributed by atoms with van der Waals surface area (Å²) in [4.78, 5) is 22.3. The zero-order valence-corrected chi connectivity index (χ0v) is 9.75. The number of halogens is 1. The van der Waals surface area contributed by atoms with Crippen molar-refractivity contribution in [1.29, 1.82) is 0 Å². The Hall–Kier alpha value is -1.91. The Morgan fingerprint density at radius 2 is 2.12 bits per heavy atom. The molecule has 4 nitrogen and oxygen atoms in total. The van der Waals surface area contributed by atoms with Crippen LogP contribution in [0.15, 0.2) is 18.2 Å². The predicted molar refractivity (Wildman–Crippen MR) is 60.1 cm³/mol. The first-order valence-electron chi connectivity index (χ1n) is 5.15. The van der Waals surface area contributed by atoms with Crippen LogP contribution in [-0.4, -0.2) is 25.5 Å². The quantitative estimate of drug-likeness (QED) is 0.808. The van der Waals surface area contributed by atoms with Crippen LogP contribution in [0.25, 0.3) is 0 Å². The smallest absolute Gasteiger partial charge is 0.307 e. The van der Waals surface area contributed by atoms with Gasteiger partial charge in [0, 0.05) is 6.54 Å². The number of ether oxygens (including phenoxy) is 1. The molecular formula is C12H14FNO3. The monoisotopic (exact) mass is 239 g/mol. The SMILES string of the molecule is COC(=O)CCNC(=O)c1ccc(C)cc1F. The number of esters is 1. The van der Waals surface area contributed by atoms with Crippen molar-refractivity contribution in [2.75, 3.05) is 13.7 Å². The minimum Gasteiger partial charge on any atom is -0.469 e. The number of methoxy groups -OCH3 is 1. The molecule has 0 spiro atoms. The Morgan fingerprint density at radius 3 is 2.71 bits per heavy atom. The van der Waals surface area contributed by atoms with E-state index >= 15 is 0 Å². The molecule has 0 aliphatic rings. The van der Waals surface area contributed by atoms with E-state index in [2.05, 4.69) is 10.1 Å². The number of hydrogen-bond donors (Lipinski definition) is 1. The van der Waals surface area contributed by atoms with E-state index in [4.69, 9.17) is 0 Å². The fraction of sp³-hybridized carbons (Fsp3) is 0.333. The second-order valence-electron chi connectivity index (χ2n) is 3.57. The summed E-state index contributed by atoms with van der Waals surface area (Å²) >= 11 is 0. The summed E-state index contributed by atoms with van der Waals surface area (Å²) in [6.07, 6.45) is 0.0652. The molecule has 1 N–H and O–H groups in total. The Balaban J connectivity index is 2.55. The van der Waals surface area contributed by atoms with Crippen LogP contribution < -0.4 is 5.32 Å². The molecule has 92 valence electrons. The maximum atomic E-state index is 13.4. The van der Waals surface area contributed by atoms with Gasteiger partial charge in [0.1, 0.15) is 5.82 Å². The van der Waals surface area contributed by atoms with Gasteiger partial charge in [-0.1, -0.05) is 6.07 Å². The minimum absolute atomic E-state index is 0.0273. The molecule has 0 bridgehead atoms. The third kappa shape index (κ3) is 3.86. The molecule has 0 fully saturated rings. The fourth-order valence-corrected chi connectivity index (χ4v) is 1.28. The zero-order valence-electron chi connectivity index (χ0n) is 9.75. The number of nitrogens with one attached hydrogen (secondary N) is 1. The van der Waals surface area contributed by atoms with Gasteiger partial charge in [0.05, 0.1) is 19.1 Å². The predicted octanol–water partition coefficient (Wildman–Crippen LogP) is 1.43. The molecule has 5 heteroatoms. The van der Waals surface area contributed by atoms with Gasteiger partial charge in [0.2, 0.25) is 0 Å². The number of aryl methyl sites for hydroxylation is 1. The van der Waals surface area contributed by atoms with Gasteiger partial charge in [-0.15, -0.1) is 0 Å². The molecule has 1 aromatic carbocycles. The van der Waals surface area contributed by atoms with Crippen molar-refractivity contribution in [2.45, 2.75) is 13.3 Å². The summed E-state index contributed by atoms with van der Waals surface area (Å²) < 4.78 is 17.8. The van der Waals surface area contributed by atoms with Gasteiger partial charge in [-0.2, -0.15) is 0 Å². The van der Waals surface area contributed by atoms with E-state index in [1.165, 1.54) is 19.2 Å². The van der Waals surface area contributed by atoms with Crippen LogP contribution in [0, 0.1) is 12.7 Å². The summed E-state index contributed by atoms with van der Waals surface area (Å²) in [6, 6.07) is 4.35. The number of benzene rings is 1. The second-order valence-corrected chi connectivity index (χ2v) is 3.57. The minimum atomic E-state index is -0.569. The Bertz CT molecular complexity index is 432. The molecular weight excluding hydrogens is 225 g/mol. The van der Waals surface area contributed by atoms with Gasteiger partial charge in [0.25, 0.3) is 5.91 Å². The third-order valence-electron chi connectivity index (χ3n) is 2.21. The van der Waals surface area contributed by atoms with E-state index in [1.807, 2.05) is 0 Å². The van der Waals surface area contributed by atoms with Crippen molar-refractivity contribution in [1.82, 2.24) is 5.32 Å². The number of carbonyl (C=O) groups is 2. The van der Waals surface area contributed by atoms with Crippen molar-refractivity contribution in [2.24, 2.45) is 0 Å². The van der Waals surface area contributed by atoms with Gasteiger partial charge in [-0.25, -0.2) is 4.39 Å². The van der Waals surface area contributed by atoms with Crippen molar-refractivity contribution >= 4 is 11.9 Å². The summed E-state index contributed by atoms with van der Waals surface area (Å²) in [5.41, 5.74) is 0.717. The first kappa shape index (κ1) is 13.2. The van der Waals surface area contributed by atoms with Crippen molar-refractivity contribution in [3.63, 3.8) is 0 Å². The van der Waals surface area contributed by atoms with Crippen LogP contribution in [0.5, 0.6) is 0 Å². The highest BCUT2D eigenvalue weighted by atomic mass is 19.1. The molecule has 0 radical (unpaired) electrons. The maximum absolute atomic E-state index is 13.4. The molecule has 1 amide bonds. The van der Waals surface area contributed by atoms with E-state index < -0.39 is 17.7 Å². The molecule has 0 unspecified atom stereocenters. The summed E-state index contributed by atoms with van der Waals surface area (Å²) in [7, 11) is 1.27. The van der Waals surface area contributed by atoms with Gasteiger partial charge in [0.15, 0.2) is 0 Å². The van der Waals surface area contributed by atoms with E-state index in [9.17, 15) is 14.0 Å². The summed E-state index contributed by atoms with van der Waals surface area (Å²) in [5.74, 6) is -1.53. The topological polar surface area (TPSA) is 55.4 Å². The molecule has 0 atom stereocenters. The molecule has 1 aromatic rings. The maximum Gasteiger partial charge on any atom is 0.307 e. The van der Waals surface area contributed by atoms with Crippen molar-refractivity contribution in [3.8, 4) is 0 Å². The number of rotatable bonds is 4. The fourth-order valence-electron chi connectivity index (χ4n) is 1.28. The highest BCUT2D eigenvalue weighted by Gasteiger charge is 2.11. The van der Waals surface area contributed by atoms with E-state index in [0.29, 0.717) is 0 Å². The third-order valence-corrected chi connectivity index (χ3v) is 2.21. The molecule has 0 aromatic heterocycles. The summed E-state index contributed by atoms with van der Waals surface area (Å²) in [5, 5.41) is 2.44. The van der Waals surface area contributed by atoms with Crippen LogP contribution in [0.1, 0.15) is 22.3 Å². The first-order chi connectivity index (χ1) is 8.04. The highest BCUT2D eigenvalue weighted by molar-refractivity contribution is 5.94. The Labute approximate surface area is 98.8 Å². The van der Waals surface area contributed by atoms with Gasteiger partial charge >= 0.3 is 5.97 Å². The van der Waals surface area contributed by atoms with E-state index in [0.717, 1.165) is 5.56 Å². The second kappa shape index (κ2) is 5.98. The molecule has 0 saturated carbocycles. The lowest BCUT2D eigenvalue weighted by atomic mass is 10.1. The van der Waals surface area contributed by atoms with E-state index in [-0.39, 0.29) is 18.5 Å². The van der Waals surface area contributed by atoms with E-state index in [1.54, 1.807) is 13.0 Å². The molecule has 0 aliphatic heterocycles. The number of amides is 1. The number of hydrogen-bond acceptors (Lipinski definition) is 3. The highest BCUT2D eigenvalue weighted by Crippen LogP contribution is 2.09. The zero-order chi connectivity index (χ0) is 12.8. The lowest BCUT2D eigenvalue weighted by Crippen LogP contribution is -2.27. The largest absolute Gasteiger partial charge is 0.469 e. The van der Waals surface area contributed by atoms with Crippen molar-refractivity contribution < 1.29 is 18.7 Å². The molecule has 0 aliphatic carbocycles. The van der Waals surface area contributed by atoms with Gasteiger partial charge < -0.3 is 10.1 Å². The molecule has 1 rings (SSSR count). The summed E-state index contributed by atoms with van der Waals surface area (Å²) in [6.45, 7) is 1.86. The van der Waals surface area contributed by atoms with Crippen LogP contribution in [0.4, 0.5) is 4.39 Å².